The van der Waals surface area contributed by atoms with Crippen molar-refractivity contribution in [3.05, 3.63) is 23.0 Å². The molecule has 0 radical (unpaired) electrons. The predicted octanol–water partition coefficient (Wildman–Crippen LogP) is 1.91. The van der Waals surface area contributed by atoms with Gasteiger partial charge in [-0.2, -0.15) is 0 Å². The van der Waals surface area contributed by atoms with Crippen molar-refractivity contribution < 1.29 is 0 Å². The van der Waals surface area contributed by atoms with E-state index in [1.165, 1.54) is 17.0 Å². The Kier molecular flexibility index (Phi) is 2.93. The van der Waals surface area contributed by atoms with Crippen molar-refractivity contribution in [1.82, 2.24) is 4.98 Å². The second kappa shape index (κ2) is 3.76. The summed E-state index contributed by atoms with van der Waals surface area (Å²) in [5, 5.41) is 0. The maximum absolute atomic E-state index is 5.86. The largest absolute Gasteiger partial charge is 0.362 e. The third kappa shape index (κ3) is 2.11. The topological polar surface area (TPSA) is 41.8 Å². The first-order valence-corrected chi connectivity index (χ1v) is 4.54. The molecule has 0 aliphatic carbocycles. The molecule has 0 aromatic carbocycles. The Hall–Kier alpha value is -0.760. The summed E-state index contributed by atoms with van der Waals surface area (Å²) in [4.78, 5) is 3.33. The number of nitrogens with one attached hydrogen (secondary N) is 1. The minimum Gasteiger partial charge on any atom is -0.362 e. The zero-order valence-corrected chi connectivity index (χ0v) is 8.15. The van der Waals surface area contributed by atoms with E-state index in [0.717, 1.165) is 12.8 Å². The molecule has 1 aromatic heterocycles. The number of aromatic amines is 1. The van der Waals surface area contributed by atoms with Gasteiger partial charge in [0, 0.05) is 23.9 Å². The first-order valence-electron chi connectivity index (χ1n) is 4.54. The molecular formula is C10H18N2. The van der Waals surface area contributed by atoms with Gasteiger partial charge in [0.05, 0.1) is 0 Å². The normalized spacial score (nSPS) is 13.3. The molecule has 2 nitrogen and oxygen atoms in total. The summed E-state index contributed by atoms with van der Waals surface area (Å²) in [5.74, 6) is 0. The molecule has 3 N–H and O–H groups in total. The van der Waals surface area contributed by atoms with Crippen LogP contribution in [0.5, 0.6) is 0 Å². The highest BCUT2D eigenvalue weighted by Crippen LogP contribution is 2.11. The van der Waals surface area contributed by atoms with E-state index in [0.29, 0.717) is 6.04 Å². The molecule has 0 aliphatic heterocycles. The molecule has 0 bridgehead atoms. The minimum absolute atomic E-state index is 0.293. The Labute approximate surface area is 74.2 Å². The van der Waals surface area contributed by atoms with Gasteiger partial charge in [-0.25, -0.2) is 0 Å². The van der Waals surface area contributed by atoms with E-state index in [-0.39, 0.29) is 0 Å². The van der Waals surface area contributed by atoms with Gasteiger partial charge in [0.2, 0.25) is 0 Å². The van der Waals surface area contributed by atoms with Crippen molar-refractivity contribution in [3.8, 4) is 0 Å². The van der Waals surface area contributed by atoms with E-state index < -0.39 is 0 Å². The van der Waals surface area contributed by atoms with Crippen molar-refractivity contribution >= 4 is 0 Å². The summed E-state index contributed by atoms with van der Waals surface area (Å²) < 4.78 is 0. The van der Waals surface area contributed by atoms with Crippen molar-refractivity contribution in [1.29, 1.82) is 0 Å². The van der Waals surface area contributed by atoms with E-state index in [4.69, 9.17) is 5.73 Å². The number of hydrogen-bond donors (Lipinski definition) is 2. The number of aromatic nitrogens is 1. The van der Waals surface area contributed by atoms with Crippen LogP contribution in [0.2, 0.25) is 0 Å². The van der Waals surface area contributed by atoms with Gasteiger partial charge in [-0.05, 0) is 31.9 Å². The number of rotatable bonds is 3. The third-order valence-corrected chi connectivity index (χ3v) is 2.25. The Morgan fingerprint density at radius 2 is 2.17 bits per heavy atom. The smallest absolute Gasteiger partial charge is 0.0194 e. The van der Waals surface area contributed by atoms with Gasteiger partial charge in [0.15, 0.2) is 0 Å². The average molecular weight is 166 g/mol. The molecule has 0 aliphatic rings. The van der Waals surface area contributed by atoms with Gasteiger partial charge >= 0.3 is 0 Å². The maximum Gasteiger partial charge on any atom is 0.0194 e. The highest BCUT2D eigenvalue weighted by Gasteiger charge is 2.05. The van der Waals surface area contributed by atoms with Crippen LogP contribution in [-0.4, -0.2) is 11.0 Å². The first kappa shape index (κ1) is 9.33. The average Bonchev–Trinajstić information content (AvgIpc) is 2.30. The van der Waals surface area contributed by atoms with Crippen molar-refractivity contribution in [2.45, 2.75) is 39.7 Å². The summed E-state index contributed by atoms with van der Waals surface area (Å²) in [6.45, 7) is 6.32. The van der Waals surface area contributed by atoms with Crippen LogP contribution < -0.4 is 5.73 Å². The first-order chi connectivity index (χ1) is 5.63. The van der Waals surface area contributed by atoms with Crippen LogP contribution in [0.4, 0.5) is 0 Å². The van der Waals surface area contributed by atoms with Crippen molar-refractivity contribution in [2.75, 3.05) is 0 Å². The molecule has 0 spiro atoms. The van der Waals surface area contributed by atoms with Crippen molar-refractivity contribution in [3.63, 3.8) is 0 Å². The summed E-state index contributed by atoms with van der Waals surface area (Å²) in [7, 11) is 0. The molecule has 1 aromatic rings. The Bertz CT molecular complexity index is 250. The molecule has 1 unspecified atom stereocenters. The molecule has 12 heavy (non-hydrogen) atoms. The monoisotopic (exact) mass is 166 g/mol. The lowest BCUT2D eigenvalue weighted by atomic mass is 10.1. The fourth-order valence-electron chi connectivity index (χ4n) is 1.40. The molecule has 0 amide bonds. The van der Waals surface area contributed by atoms with Gasteiger partial charge in [-0.1, -0.05) is 6.92 Å². The van der Waals surface area contributed by atoms with E-state index in [9.17, 15) is 0 Å². The number of aryl methyl sites for hydroxylation is 2. The fraction of sp³-hybridized carbons (Fsp3) is 0.600. The SMILES string of the molecule is CCC(N)Cc1[nH]c(C)cc1C. The third-order valence-electron chi connectivity index (χ3n) is 2.25. The molecule has 68 valence electrons. The Balaban J connectivity index is 2.68. The van der Waals surface area contributed by atoms with Crippen LogP contribution in [-0.2, 0) is 6.42 Å². The van der Waals surface area contributed by atoms with Crippen molar-refractivity contribution in [2.24, 2.45) is 5.73 Å². The molecule has 0 fully saturated rings. The van der Waals surface area contributed by atoms with Crippen LogP contribution >= 0.6 is 0 Å². The summed E-state index contributed by atoms with van der Waals surface area (Å²) in [6.07, 6.45) is 2.01. The number of hydrogen-bond acceptors (Lipinski definition) is 1. The maximum atomic E-state index is 5.86. The molecule has 1 heterocycles. The zero-order valence-electron chi connectivity index (χ0n) is 8.15. The second-order valence-electron chi connectivity index (χ2n) is 3.49. The van der Waals surface area contributed by atoms with E-state index >= 15 is 0 Å². The lowest BCUT2D eigenvalue weighted by Gasteiger charge is -2.07. The molecule has 0 saturated heterocycles. The van der Waals surface area contributed by atoms with Crippen LogP contribution in [0, 0.1) is 13.8 Å². The van der Waals surface area contributed by atoms with Gasteiger partial charge in [0.1, 0.15) is 0 Å². The van der Waals surface area contributed by atoms with Gasteiger partial charge in [-0.3, -0.25) is 0 Å². The molecular weight excluding hydrogens is 148 g/mol. The predicted molar refractivity (Wildman–Crippen MR) is 52.2 cm³/mol. The molecule has 2 heteroatoms. The van der Waals surface area contributed by atoms with Gasteiger partial charge in [0.25, 0.3) is 0 Å². The molecule has 0 saturated carbocycles. The highest BCUT2D eigenvalue weighted by atomic mass is 14.7. The number of nitrogens with two attached hydrogens (primary N) is 1. The van der Waals surface area contributed by atoms with Crippen LogP contribution in [0.25, 0.3) is 0 Å². The standard InChI is InChI=1S/C10H18N2/c1-4-9(11)6-10-7(2)5-8(3)12-10/h5,9,12H,4,6,11H2,1-3H3. The van der Waals surface area contributed by atoms with Crippen LogP contribution in [0.15, 0.2) is 6.07 Å². The zero-order chi connectivity index (χ0) is 9.14. The van der Waals surface area contributed by atoms with E-state index in [1.54, 1.807) is 0 Å². The minimum atomic E-state index is 0.293. The summed E-state index contributed by atoms with van der Waals surface area (Å²) in [6, 6.07) is 2.46. The Morgan fingerprint density at radius 3 is 2.58 bits per heavy atom. The molecule has 1 atom stereocenters. The number of H-pyrrole nitrogens is 1. The Morgan fingerprint density at radius 1 is 1.50 bits per heavy atom. The lowest BCUT2D eigenvalue weighted by molar-refractivity contribution is 0.636. The summed E-state index contributed by atoms with van der Waals surface area (Å²) >= 11 is 0. The van der Waals surface area contributed by atoms with Gasteiger partial charge < -0.3 is 10.7 Å². The highest BCUT2D eigenvalue weighted by molar-refractivity contribution is 5.24. The quantitative estimate of drug-likeness (QED) is 0.707. The fourth-order valence-corrected chi connectivity index (χ4v) is 1.40. The van der Waals surface area contributed by atoms with Crippen LogP contribution in [0.3, 0.4) is 0 Å². The van der Waals surface area contributed by atoms with E-state index in [1.807, 2.05) is 0 Å². The van der Waals surface area contributed by atoms with Crippen LogP contribution in [0.1, 0.15) is 30.3 Å². The summed E-state index contributed by atoms with van der Waals surface area (Å²) in [5.41, 5.74) is 9.71. The van der Waals surface area contributed by atoms with Gasteiger partial charge in [-0.15, -0.1) is 0 Å². The molecule has 1 rings (SSSR count). The van der Waals surface area contributed by atoms with E-state index in [2.05, 4.69) is 31.8 Å². The second-order valence-corrected chi connectivity index (χ2v) is 3.49. The lowest BCUT2D eigenvalue weighted by Crippen LogP contribution is -2.21.